The van der Waals surface area contributed by atoms with E-state index in [1.54, 1.807) is 0 Å². The number of aliphatic carboxylic acids is 1. The number of likely N-dealkylation sites (tertiary alicyclic amines) is 1. The number of carboxylic acid groups (broad SMARTS) is 1. The molecule has 2 aromatic carbocycles. The van der Waals surface area contributed by atoms with Crippen LogP contribution in [0.5, 0.6) is 0 Å². The number of benzene rings is 2. The second kappa shape index (κ2) is 6.49. The molecule has 5 rings (SSSR count). The summed E-state index contributed by atoms with van der Waals surface area (Å²) in [6, 6.07) is 18.5. The van der Waals surface area contributed by atoms with E-state index in [1.807, 2.05) is 0 Å². The van der Waals surface area contributed by atoms with Gasteiger partial charge in [0.15, 0.2) is 0 Å². The average Bonchev–Trinajstić information content (AvgIpc) is 3.29. The number of carbonyl (C=O) groups is 1. The Hall–Kier alpha value is -2.13. The van der Waals surface area contributed by atoms with E-state index in [4.69, 9.17) is 0 Å². The third-order valence-electron chi connectivity index (χ3n) is 7.28. The second-order valence-electron chi connectivity index (χ2n) is 8.78. The Labute approximate surface area is 161 Å². The van der Waals surface area contributed by atoms with E-state index in [9.17, 15) is 9.90 Å². The Morgan fingerprint density at radius 3 is 2.52 bits per heavy atom. The van der Waals surface area contributed by atoms with Gasteiger partial charge in [0.2, 0.25) is 0 Å². The van der Waals surface area contributed by atoms with Gasteiger partial charge < -0.3 is 5.11 Å². The van der Waals surface area contributed by atoms with Crippen LogP contribution in [0.25, 0.3) is 0 Å². The first-order valence-electron chi connectivity index (χ1n) is 10.3. The zero-order valence-corrected chi connectivity index (χ0v) is 15.7. The molecular formula is C24H27NO2. The van der Waals surface area contributed by atoms with Crippen LogP contribution in [0.2, 0.25) is 0 Å². The first kappa shape index (κ1) is 17.0. The molecule has 0 amide bonds. The molecule has 3 nitrogen and oxygen atoms in total. The molecule has 1 N–H and O–H groups in total. The molecule has 0 radical (unpaired) electrons. The van der Waals surface area contributed by atoms with Gasteiger partial charge in [-0.25, -0.2) is 0 Å². The third-order valence-corrected chi connectivity index (χ3v) is 7.28. The molecule has 2 aliphatic carbocycles. The molecule has 2 aromatic rings. The topological polar surface area (TPSA) is 40.5 Å². The standard InChI is InChI=1S/C24H27NO2/c26-23(27)20-10-12-25(16-20)21-9-11-24(15-21)14-19-7-2-1-5-17(19)13-18-6-3-4-8-22(18)24/h1-8,20-21H,9-16H2,(H,26,27)/t20?,21?,24-/m0/s1. The smallest absolute Gasteiger partial charge is 0.307 e. The molecule has 0 aromatic heterocycles. The molecular weight excluding hydrogens is 334 g/mol. The van der Waals surface area contributed by atoms with Crippen molar-refractivity contribution >= 4 is 5.97 Å². The number of nitrogens with zero attached hydrogens (tertiary/aromatic N) is 1. The SMILES string of the molecule is O=C(O)C1CCN(C2CC[C@]3(Cc4ccccc4Cc4ccccc43)C2)C1. The molecule has 3 aliphatic rings. The van der Waals surface area contributed by atoms with Crippen LogP contribution in [0.1, 0.15) is 47.9 Å². The lowest BCUT2D eigenvalue weighted by atomic mass is 9.73. The van der Waals surface area contributed by atoms with E-state index in [2.05, 4.69) is 53.4 Å². The van der Waals surface area contributed by atoms with Crippen molar-refractivity contribution in [1.82, 2.24) is 4.90 Å². The Bertz CT molecular complexity index is 876. The minimum atomic E-state index is -0.626. The van der Waals surface area contributed by atoms with E-state index in [0.717, 1.165) is 38.8 Å². The van der Waals surface area contributed by atoms with Gasteiger partial charge in [-0.15, -0.1) is 0 Å². The Morgan fingerprint density at radius 1 is 1.00 bits per heavy atom. The number of carboxylic acids is 1. The summed E-state index contributed by atoms with van der Waals surface area (Å²) in [5.74, 6) is -0.803. The molecule has 27 heavy (non-hydrogen) atoms. The minimum absolute atomic E-state index is 0.177. The van der Waals surface area contributed by atoms with Gasteiger partial charge in [-0.1, -0.05) is 48.5 Å². The molecule has 1 spiro atoms. The first-order chi connectivity index (χ1) is 13.1. The van der Waals surface area contributed by atoms with Crippen LogP contribution in [0.15, 0.2) is 48.5 Å². The van der Waals surface area contributed by atoms with Gasteiger partial charge in [-0.05, 0) is 67.3 Å². The van der Waals surface area contributed by atoms with Crippen LogP contribution in [0.4, 0.5) is 0 Å². The highest BCUT2D eigenvalue weighted by atomic mass is 16.4. The Balaban J connectivity index is 1.48. The second-order valence-corrected chi connectivity index (χ2v) is 8.78. The predicted molar refractivity (Wildman–Crippen MR) is 106 cm³/mol. The molecule has 3 atom stereocenters. The van der Waals surface area contributed by atoms with Gasteiger partial charge in [0.05, 0.1) is 5.92 Å². The number of fused-ring (bicyclic) bond motifs is 3. The molecule has 1 saturated carbocycles. The highest BCUT2D eigenvalue weighted by Gasteiger charge is 2.46. The third kappa shape index (κ3) is 2.89. The maximum absolute atomic E-state index is 11.4. The zero-order valence-electron chi connectivity index (χ0n) is 15.7. The quantitative estimate of drug-likeness (QED) is 0.878. The fourth-order valence-corrected chi connectivity index (χ4v) is 5.89. The fraction of sp³-hybridized carbons (Fsp3) is 0.458. The summed E-state index contributed by atoms with van der Waals surface area (Å²) >= 11 is 0. The molecule has 1 saturated heterocycles. The van der Waals surface area contributed by atoms with Gasteiger partial charge >= 0.3 is 5.97 Å². The number of hydrogen-bond donors (Lipinski definition) is 1. The number of rotatable bonds is 2. The van der Waals surface area contributed by atoms with E-state index >= 15 is 0 Å². The highest BCUT2D eigenvalue weighted by molar-refractivity contribution is 5.70. The average molecular weight is 361 g/mol. The number of hydrogen-bond acceptors (Lipinski definition) is 2. The van der Waals surface area contributed by atoms with Crippen LogP contribution < -0.4 is 0 Å². The summed E-state index contributed by atoms with van der Waals surface area (Å²) in [7, 11) is 0. The summed E-state index contributed by atoms with van der Waals surface area (Å²) in [5, 5.41) is 9.37. The molecule has 0 bridgehead atoms. The van der Waals surface area contributed by atoms with Crippen molar-refractivity contribution in [3.63, 3.8) is 0 Å². The molecule has 1 aliphatic heterocycles. The summed E-state index contributed by atoms with van der Waals surface area (Å²) in [4.78, 5) is 13.8. The summed E-state index contributed by atoms with van der Waals surface area (Å²) < 4.78 is 0. The van der Waals surface area contributed by atoms with Crippen LogP contribution in [-0.2, 0) is 23.1 Å². The first-order valence-corrected chi connectivity index (χ1v) is 10.3. The van der Waals surface area contributed by atoms with Gasteiger partial charge in [0.25, 0.3) is 0 Å². The fourth-order valence-electron chi connectivity index (χ4n) is 5.89. The van der Waals surface area contributed by atoms with Gasteiger partial charge in [-0.2, -0.15) is 0 Å². The van der Waals surface area contributed by atoms with Crippen LogP contribution >= 0.6 is 0 Å². The van der Waals surface area contributed by atoms with E-state index in [1.165, 1.54) is 35.1 Å². The van der Waals surface area contributed by atoms with Crippen molar-refractivity contribution in [2.75, 3.05) is 13.1 Å². The van der Waals surface area contributed by atoms with Crippen molar-refractivity contribution in [3.05, 3.63) is 70.8 Å². The Kier molecular flexibility index (Phi) is 4.08. The minimum Gasteiger partial charge on any atom is -0.481 e. The molecule has 2 fully saturated rings. The zero-order chi connectivity index (χ0) is 18.4. The van der Waals surface area contributed by atoms with Crippen molar-refractivity contribution in [2.45, 2.75) is 50.0 Å². The summed E-state index contributed by atoms with van der Waals surface area (Å²) in [6.07, 6.45) is 6.50. The van der Waals surface area contributed by atoms with Crippen molar-refractivity contribution < 1.29 is 9.90 Å². The molecule has 3 heteroatoms. The molecule has 140 valence electrons. The van der Waals surface area contributed by atoms with Crippen molar-refractivity contribution in [2.24, 2.45) is 5.92 Å². The van der Waals surface area contributed by atoms with E-state index < -0.39 is 5.97 Å². The molecule has 1 heterocycles. The summed E-state index contributed by atoms with van der Waals surface area (Å²) in [5.41, 5.74) is 6.19. The largest absolute Gasteiger partial charge is 0.481 e. The van der Waals surface area contributed by atoms with Gasteiger partial charge in [0, 0.05) is 18.0 Å². The van der Waals surface area contributed by atoms with E-state index in [0.29, 0.717) is 6.04 Å². The van der Waals surface area contributed by atoms with Gasteiger partial charge in [-0.3, -0.25) is 9.69 Å². The van der Waals surface area contributed by atoms with Crippen molar-refractivity contribution in [3.8, 4) is 0 Å². The highest BCUT2D eigenvalue weighted by Crippen LogP contribution is 2.49. The van der Waals surface area contributed by atoms with Gasteiger partial charge in [0.1, 0.15) is 0 Å². The maximum atomic E-state index is 11.4. The summed E-state index contributed by atoms with van der Waals surface area (Å²) in [6.45, 7) is 1.67. The lowest BCUT2D eigenvalue weighted by molar-refractivity contribution is -0.141. The maximum Gasteiger partial charge on any atom is 0.307 e. The predicted octanol–water partition coefficient (Wildman–Crippen LogP) is 4.03. The lowest BCUT2D eigenvalue weighted by Crippen LogP contribution is -2.35. The van der Waals surface area contributed by atoms with Crippen LogP contribution in [-0.4, -0.2) is 35.1 Å². The normalized spacial score (nSPS) is 30.1. The van der Waals surface area contributed by atoms with E-state index in [-0.39, 0.29) is 11.3 Å². The molecule has 2 unspecified atom stereocenters. The monoisotopic (exact) mass is 361 g/mol. The van der Waals surface area contributed by atoms with Crippen LogP contribution in [0, 0.1) is 5.92 Å². The Morgan fingerprint density at radius 2 is 1.74 bits per heavy atom. The van der Waals surface area contributed by atoms with Crippen LogP contribution in [0.3, 0.4) is 0 Å². The lowest BCUT2D eigenvalue weighted by Gasteiger charge is -2.32. The van der Waals surface area contributed by atoms with Crippen molar-refractivity contribution in [1.29, 1.82) is 0 Å².